The van der Waals surface area contributed by atoms with Gasteiger partial charge in [0.15, 0.2) is 0 Å². The van der Waals surface area contributed by atoms with Crippen molar-refractivity contribution in [2.24, 2.45) is 5.92 Å². The van der Waals surface area contributed by atoms with Crippen molar-refractivity contribution in [2.45, 2.75) is 6.42 Å². The van der Waals surface area contributed by atoms with Crippen molar-refractivity contribution in [1.29, 1.82) is 0 Å². The van der Waals surface area contributed by atoms with Crippen LogP contribution in [0.25, 0.3) is 11.1 Å². The summed E-state index contributed by atoms with van der Waals surface area (Å²) in [4.78, 5) is 11.0. The third kappa shape index (κ3) is 2.58. The summed E-state index contributed by atoms with van der Waals surface area (Å²) in [7, 11) is 0. The third-order valence-electron chi connectivity index (χ3n) is 3.57. The number of hydrogen-bond donors (Lipinski definition) is 1. The van der Waals surface area contributed by atoms with Gasteiger partial charge >= 0.3 is 0 Å². The highest BCUT2D eigenvalue weighted by atomic mass is 16.3. The maximum Gasteiger partial charge on any atom is 0.225 e. The van der Waals surface area contributed by atoms with Crippen molar-refractivity contribution < 1.29 is 5.11 Å². The Morgan fingerprint density at radius 3 is 2.47 bits per heavy atom. The van der Waals surface area contributed by atoms with Gasteiger partial charge in [0.1, 0.15) is 0 Å². The van der Waals surface area contributed by atoms with E-state index in [0.717, 1.165) is 36.6 Å². The van der Waals surface area contributed by atoms with Gasteiger partial charge < -0.3 is 10.0 Å². The molecule has 1 N–H and O–H groups in total. The minimum atomic E-state index is 0.249. The predicted octanol–water partition coefficient (Wildman–Crippen LogP) is 1.96. The van der Waals surface area contributed by atoms with Gasteiger partial charge in [-0.25, -0.2) is 9.97 Å². The summed E-state index contributed by atoms with van der Waals surface area (Å²) < 4.78 is 0. The molecule has 2 aromatic rings. The summed E-state index contributed by atoms with van der Waals surface area (Å²) in [5.41, 5.74) is 2.16. The smallest absolute Gasteiger partial charge is 0.225 e. The largest absolute Gasteiger partial charge is 0.396 e. The SMILES string of the molecule is OCC1CCN(c2ncc(-c3ccccc3)cn2)C1. The van der Waals surface area contributed by atoms with Gasteiger partial charge in [0.25, 0.3) is 0 Å². The molecule has 2 heterocycles. The summed E-state index contributed by atoms with van der Waals surface area (Å²) in [5, 5.41) is 9.16. The Morgan fingerprint density at radius 2 is 1.84 bits per heavy atom. The van der Waals surface area contributed by atoms with Crippen LogP contribution in [0.15, 0.2) is 42.7 Å². The van der Waals surface area contributed by atoms with Crippen molar-refractivity contribution >= 4 is 5.95 Å². The zero-order valence-corrected chi connectivity index (χ0v) is 10.7. The van der Waals surface area contributed by atoms with E-state index in [1.165, 1.54) is 0 Å². The monoisotopic (exact) mass is 255 g/mol. The molecule has 0 aliphatic carbocycles. The van der Waals surface area contributed by atoms with E-state index in [-0.39, 0.29) is 6.61 Å². The number of nitrogens with zero attached hydrogens (tertiary/aromatic N) is 3. The molecule has 1 saturated heterocycles. The first-order chi connectivity index (χ1) is 9.36. The van der Waals surface area contributed by atoms with E-state index in [1.54, 1.807) is 0 Å². The van der Waals surface area contributed by atoms with Crippen molar-refractivity contribution in [2.75, 3.05) is 24.6 Å². The van der Waals surface area contributed by atoms with Gasteiger partial charge in [-0.2, -0.15) is 0 Å². The lowest BCUT2D eigenvalue weighted by molar-refractivity contribution is 0.238. The van der Waals surface area contributed by atoms with E-state index < -0.39 is 0 Å². The molecule has 0 amide bonds. The highest BCUT2D eigenvalue weighted by Gasteiger charge is 2.23. The maximum absolute atomic E-state index is 9.16. The van der Waals surface area contributed by atoms with Gasteiger partial charge in [-0.15, -0.1) is 0 Å². The Hall–Kier alpha value is -1.94. The van der Waals surface area contributed by atoms with Gasteiger partial charge in [-0.1, -0.05) is 30.3 Å². The van der Waals surface area contributed by atoms with Crippen LogP contribution in [0, 0.1) is 5.92 Å². The average molecular weight is 255 g/mol. The lowest BCUT2D eigenvalue weighted by atomic mass is 10.1. The van der Waals surface area contributed by atoms with Gasteiger partial charge in [0.2, 0.25) is 5.95 Å². The highest BCUT2D eigenvalue weighted by molar-refractivity contribution is 5.61. The number of aliphatic hydroxyl groups excluding tert-OH is 1. The topological polar surface area (TPSA) is 49.2 Å². The van der Waals surface area contributed by atoms with Crippen LogP contribution in [-0.2, 0) is 0 Å². The summed E-state index contributed by atoms with van der Waals surface area (Å²) in [6.45, 7) is 2.02. The maximum atomic E-state index is 9.16. The van der Waals surface area contributed by atoms with Crippen LogP contribution in [0.3, 0.4) is 0 Å². The Bertz CT molecular complexity index is 527. The zero-order valence-electron chi connectivity index (χ0n) is 10.7. The molecule has 0 bridgehead atoms. The second kappa shape index (κ2) is 5.36. The molecule has 0 spiro atoms. The molecular formula is C15H17N3O. The van der Waals surface area contributed by atoms with E-state index >= 15 is 0 Å². The Labute approximate surface area is 112 Å². The van der Waals surface area contributed by atoms with Gasteiger partial charge in [-0.05, 0) is 12.0 Å². The van der Waals surface area contributed by atoms with Crippen molar-refractivity contribution in [3.8, 4) is 11.1 Å². The molecule has 4 heteroatoms. The molecule has 1 aliphatic rings. The standard InChI is InChI=1S/C15H17N3O/c19-11-12-6-7-18(10-12)15-16-8-14(9-17-15)13-4-2-1-3-5-13/h1-5,8-9,12,19H,6-7,10-11H2. The zero-order chi connectivity index (χ0) is 13.1. The second-order valence-corrected chi connectivity index (χ2v) is 4.92. The van der Waals surface area contributed by atoms with Crippen molar-refractivity contribution in [3.63, 3.8) is 0 Å². The summed E-state index contributed by atoms with van der Waals surface area (Å²) >= 11 is 0. The molecular weight excluding hydrogens is 238 g/mol. The number of hydrogen-bond acceptors (Lipinski definition) is 4. The number of anilines is 1. The number of rotatable bonds is 3. The fourth-order valence-corrected chi connectivity index (χ4v) is 2.43. The minimum absolute atomic E-state index is 0.249. The fourth-order valence-electron chi connectivity index (χ4n) is 2.43. The van der Waals surface area contributed by atoms with Crippen LogP contribution >= 0.6 is 0 Å². The van der Waals surface area contributed by atoms with Crippen LogP contribution in [0.2, 0.25) is 0 Å². The molecule has 3 rings (SSSR count). The quantitative estimate of drug-likeness (QED) is 0.911. The number of benzene rings is 1. The van der Waals surface area contributed by atoms with Gasteiger partial charge in [0, 0.05) is 43.6 Å². The first-order valence-corrected chi connectivity index (χ1v) is 6.60. The van der Waals surface area contributed by atoms with Crippen LogP contribution < -0.4 is 4.90 Å². The first-order valence-electron chi connectivity index (χ1n) is 6.60. The van der Waals surface area contributed by atoms with Crippen molar-refractivity contribution in [1.82, 2.24) is 9.97 Å². The van der Waals surface area contributed by atoms with Gasteiger partial charge in [0.05, 0.1) is 0 Å². The van der Waals surface area contributed by atoms with E-state index in [2.05, 4.69) is 27.0 Å². The molecule has 0 saturated carbocycles. The Balaban J connectivity index is 1.76. The molecule has 1 fully saturated rings. The summed E-state index contributed by atoms with van der Waals surface area (Å²) in [5.74, 6) is 1.12. The molecule has 1 atom stereocenters. The number of aromatic nitrogens is 2. The van der Waals surface area contributed by atoms with Crippen LogP contribution in [0.1, 0.15) is 6.42 Å². The van der Waals surface area contributed by atoms with Gasteiger partial charge in [-0.3, -0.25) is 0 Å². The third-order valence-corrected chi connectivity index (χ3v) is 3.57. The number of aliphatic hydroxyl groups is 1. The molecule has 4 nitrogen and oxygen atoms in total. The van der Waals surface area contributed by atoms with E-state index in [1.807, 2.05) is 30.6 Å². The molecule has 1 unspecified atom stereocenters. The average Bonchev–Trinajstić information content (AvgIpc) is 2.97. The molecule has 0 radical (unpaired) electrons. The normalized spacial score (nSPS) is 18.8. The molecule has 1 aromatic carbocycles. The molecule has 1 aliphatic heterocycles. The summed E-state index contributed by atoms with van der Waals surface area (Å²) in [6, 6.07) is 10.1. The Kier molecular flexibility index (Phi) is 3.42. The second-order valence-electron chi connectivity index (χ2n) is 4.92. The first kappa shape index (κ1) is 12.1. The Morgan fingerprint density at radius 1 is 1.11 bits per heavy atom. The summed E-state index contributed by atoms with van der Waals surface area (Å²) in [6.07, 6.45) is 4.74. The van der Waals surface area contributed by atoms with E-state index in [4.69, 9.17) is 5.11 Å². The van der Waals surface area contributed by atoms with Crippen LogP contribution in [0.4, 0.5) is 5.95 Å². The van der Waals surface area contributed by atoms with Crippen LogP contribution in [0.5, 0.6) is 0 Å². The minimum Gasteiger partial charge on any atom is -0.396 e. The van der Waals surface area contributed by atoms with E-state index in [9.17, 15) is 0 Å². The highest BCUT2D eigenvalue weighted by Crippen LogP contribution is 2.22. The molecule has 1 aromatic heterocycles. The lowest BCUT2D eigenvalue weighted by Crippen LogP contribution is -2.22. The van der Waals surface area contributed by atoms with Crippen molar-refractivity contribution in [3.05, 3.63) is 42.7 Å². The predicted molar refractivity (Wildman–Crippen MR) is 74.9 cm³/mol. The van der Waals surface area contributed by atoms with E-state index in [0.29, 0.717) is 5.92 Å². The lowest BCUT2D eigenvalue weighted by Gasteiger charge is -2.15. The fraction of sp³-hybridized carbons (Fsp3) is 0.333. The molecule has 98 valence electrons. The van der Waals surface area contributed by atoms with Crippen LogP contribution in [-0.4, -0.2) is 34.8 Å². The molecule has 19 heavy (non-hydrogen) atoms.